The summed E-state index contributed by atoms with van der Waals surface area (Å²) in [6.07, 6.45) is 3.61. The van der Waals surface area contributed by atoms with E-state index in [4.69, 9.17) is 9.84 Å². The van der Waals surface area contributed by atoms with E-state index in [9.17, 15) is 4.79 Å². The van der Waals surface area contributed by atoms with E-state index in [0.29, 0.717) is 5.92 Å². The highest BCUT2D eigenvalue weighted by Crippen LogP contribution is 2.23. The minimum absolute atomic E-state index is 0.227. The Kier molecular flexibility index (Phi) is 5.21. The van der Waals surface area contributed by atoms with Gasteiger partial charge in [-0.2, -0.15) is 0 Å². The van der Waals surface area contributed by atoms with Gasteiger partial charge < -0.3 is 9.84 Å². The second-order valence-electron chi connectivity index (χ2n) is 5.68. The van der Waals surface area contributed by atoms with Crippen LogP contribution in [0.1, 0.15) is 46.5 Å². The Balaban J connectivity index is 2.23. The van der Waals surface area contributed by atoms with Gasteiger partial charge in [0, 0.05) is 12.6 Å². The molecule has 0 aromatic rings. The molecule has 17 heavy (non-hydrogen) atoms. The molecular formula is C12H24N2O3. The number of hydrogen-bond donors (Lipinski definition) is 3. The molecule has 2 unspecified atom stereocenters. The molecule has 0 aromatic heterocycles. The number of rotatable bonds is 3. The van der Waals surface area contributed by atoms with Gasteiger partial charge in [0.05, 0.1) is 0 Å². The summed E-state index contributed by atoms with van der Waals surface area (Å²) in [4.78, 5) is 11.4. The molecule has 0 aliphatic heterocycles. The zero-order valence-electron chi connectivity index (χ0n) is 11.0. The first-order valence-corrected chi connectivity index (χ1v) is 6.26. The molecule has 1 rings (SSSR count). The van der Waals surface area contributed by atoms with Crippen LogP contribution >= 0.6 is 0 Å². The molecule has 2 atom stereocenters. The molecule has 1 fully saturated rings. The van der Waals surface area contributed by atoms with E-state index in [1.54, 1.807) is 0 Å². The minimum Gasteiger partial charge on any atom is -0.443 e. The Morgan fingerprint density at radius 1 is 1.41 bits per heavy atom. The third kappa shape index (κ3) is 5.89. The van der Waals surface area contributed by atoms with Gasteiger partial charge in [-0.05, 0) is 46.0 Å². The summed E-state index contributed by atoms with van der Waals surface area (Å²) in [5.41, 5.74) is 5.05. The monoisotopic (exact) mass is 244 g/mol. The van der Waals surface area contributed by atoms with Crippen molar-refractivity contribution < 1.29 is 14.6 Å². The minimum atomic E-state index is -0.480. The SMILES string of the molecule is CC(C)(C)OC(=O)NNC1CCCC(CO)C1. The van der Waals surface area contributed by atoms with Crippen LogP contribution in [0, 0.1) is 5.92 Å². The van der Waals surface area contributed by atoms with Gasteiger partial charge in [-0.3, -0.25) is 5.43 Å². The lowest BCUT2D eigenvalue weighted by Gasteiger charge is -2.29. The number of nitrogens with one attached hydrogen (secondary N) is 2. The first-order valence-electron chi connectivity index (χ1n) is 6.26. The van der Waals surface area contributed by atoms with E-state index >= 15 is 0 Å². The maximum absolute atomic E-state index is 11.4. The van der Waals surface area contributed by atoms with Gasteiger partial charge in [0.1, 0.15) is 5.60 Å². The normalized spacial score (nSPS) is 25.4. The smallest absolute Gasteiger partial charge is 0.422 e. The van der Waals surface area contributed by atoms with Crippen LogP contribution in [0.15, 0.2) is 0 Å². The Morgan fingerprint density at radius 3 is 2.71 bits per heavy atom. The van der Waals surface area contributed by atoms with Gasteiger partial charge in [-0.1, -0.05) is 6.42 Å². The van der Waals surface area contributed by atoms with E-state index in [1.165, 1.54) is 0 Å². The van der Waals surface area contributed by atoms with Crippen molar-refractivity contribution in [2.75, 3.05) is 6.61 Å². The van der Waals surface area contributed by atoms with Gasteiger partial charge in [-0.15, -0.1) is 0 Å². The van der Waals surface area contributed by atoms with Gasteiger partial charge in [0.2, 0.25) is 0 Å². The molecule has 0 saturated heterocycles. The molecule has 0 radical (unpaired) electrons. The zero-order chi connectivity index (χ0) is 12.9. The Bertz CT molecular complexity index is 251. The first-order chi connectivity index (χ1) is 7.90. The largest absolute Gasteiger partial charge is 0.443 e. The second kappa shape index (κ2) is 6.21. The molecule has 1 saturated carbocycles. The summed E-state index contributed by atoms with van der Waals surface area (Å²) in [5, 5.41) is 9.10. The lowest BCUT2D eigenvalue weighted by molar-refractivity contribution is 0.0474. The molecule has 5 heteroatoms. The van der Waals surface area contributed by atoms with Crippen LogP contribution in [0.2, 0.25) is 0 Å². The molecule has 1 amide bonds. The molecule has 100 valence electrons. The molecule has 3 N–H and O–H groups in total. The van der Waals surface area contributed by atoms with Crippen molar-refractivity contribution in [1.29, 1.82) is 0 Å². The standard InChI is InChI=1S/C12H24N2O3/c1-12(2,3)17-11(16)14-13-10-6-4-5-9(7-10)8-15/h9-10,13,15H,4-8H2,1-3H3,(H,14,16). The van der Waals surface area contributed by atoms with Crippen LogP contribution in [0.5, 0.6) is 0 Å². The summed E-state index contributed by atoms with van der Waals surface area (Å²) in [6, 6.07) is 0.230. The van der Waals surface area contributed by atoms with E-state index in [0.717, 1.165) is 25.7 Å². The highest BCUT2D eigenvalue weighted by atomic mass is 16.6. The average molecular weight is 244 g/mol. The van der Waals surface area contributed by atoms with E-state index in [-0.39, 0.29) is 12.6 Å². The first kappa shape index (κ1) is 14.3. The fraction of sp³-hybridized carbons (Fsp3) is 0.917. The molecule has 1 aliphatic rings. The molecule has 0 spiro atoms. The van der Waals surface area contributed by atoms with Crippen LogP contribution in [-0.4, -0.2) is 29.4 Å². The average Bonchev–Trinajstić information content (AvgIpc) is 2.24. The molecular weight excluding hydrogens is 220 g/mol. The topological polar surface area (TPSA) is 70.6 Å². The number of carbonyl (C=O) groups is 1. The molecule has 0 aromatic carbocycles. The summed E-state index contributed by atoms with van der Waals surface area (Å²) in [5.74, 6) is 0.349. The molecule has 0 heterocycles. The van der Waals surface area contributed by atoms with Crippen molar-refractivity contribution in [3.8, 4) is 0 Å². The number of amides is 1. The van der Waals surface area contributed by atoms with Crippen LogP contribution < -0.4 is 10.9 Å². The van der Waals surface area contributed by atoms with Crippen molar-refractivity contribution in [3.05, 3.63) is 0 Å². The van der Waals surface area contributed by atoms with Gasteiger partial charge >= 0.3 is 6.09 Å². The Morgan fingerprint density at radius 2 is 2.12 bits per heavy atom. The predicted molar refractivity (Wildman–Crippen MR) is 65.3 cm³/mol. The predicted octanol–water partition coefficient (Wildman–Crippen LogP) is 1.57. The van der Waals surface area contributed by atoms with Crippen LogP contribution in [0.4, 0.5) is 4.79 Å². The van der Waals surface area contributed by atoms with Gasteiger partial charge in [-0.25, -0.2) is 10.2 Å². The van der Waals surface area contributed by atoms with Gasteiger partial charge in [0.15, 0.2) is 0 Å². The maximum atomic E-state index is 11.4. The Hall–Kier alpha value is -0.810. The Labute approximate surface area is 103 Å². The quantitative estimate of drug-likeness (QED) is 0.659. The van der Waals surface area contributed by atoms with Crippen LogP contribution in [0.25, 0.3) is 0 Å². The highest BCUT2D eigenvalue weighted by molar-refractivity contribution is 5.67. The number of carbonyl (C=O) groups excluding carboxylic acids is 1. The number of hydrogen-bond acceptors (Lipinski definition) is 4. The summed E-state index contributed by atoms with van der Waals surface area (Å²) >= 11 is 0. The van der Waals surface area contributed by atoms with Crippen molar-refractivity contribution in [2.24, 2.45) is 5.92 Å². The van der Waals surface area contributed by atoms with Crippen molar-refractivity contribution in [3.63, 3.8) is 0 Å². The van der Waals surface area contributed by atoms with Crippen LogP contribution in [0.3, 0.4) is 0 Å². The van der Waals surface area contributed by atoms with E-state index in [2.05, 4.69) is 10.9 Å². The van der Waals surface area contributed by atoms with Gasteiger partial charge in [0.25, 0.3) is 0 Å². The van der Waals surface area contributed by atoms with Crippen LogP contribution in [-0.2, 0) is 4.74 Å². The fourth-order valence-corrected chi connectivity index (χ4v) is 2.05. The third-order valence-electron chi connectivity index (χ3n) is 2.82. The van der Waals surface area contributed by atoms with E-state index in [1.807, 2.05) is 20.8 Å². The lowest BCUT2D eigenvalue weighted by Crippen LogP contribution is -2.48. The lowest BCUT2D eigenvalue weighted by atomic mass is 9.87. The number of aliphatic hydroxyl groups excluding tert-OH is 1. The van der Waals surface area contributed by atoms with Crippen molar-refractivity contribution in [1.82, 2.24) is 10.9 Å². The summed E-state index contributed by atoms with van der Waals surface area (Å²) in [6.45, 7) is 5.71. The summed E-state index contributed by atoms with van der Waals surface area (Å²) in [7, 11) is 0. The maximum Gasteiger partial charge on any atom is 0.422 e. The summed E-state index contributed by atoms with van der Waals surface area (Å²) < 4.78 is 5.12. The number of aliphatic hydroxyl groups is 1. The fourth-order valence-electron chi connectivity index (χ4n) is 2.05. The van der Waals surface area contributed by atoms with Crippen molar-refractivity contribution in [2.45, 2.75) is 58.1 Å². The number of hydrazine groups is 1. The highest BCUT2D eigenvalue weighted by Gasteiger charge is 2.22. The second-order valence-corrected chi connectivity index (χ2v) is 5.68. The van der Waals surface area contributed by atoms with Crippen molar-refractivity contribution >= 4 is 6.09 Å². The molecule has 0 bridgehead atoms. The number of ether oxygens (including phenoxy) is 1. The molecule has 5 nitrogen and oxygen atoms in total. The van der Waals surface area contributed by atoms with E-state index < -0.39 is 11.7 Å². The molecule has 1 aliphatic carbocycles. The zero-order valence-corrected chi connectivity index (χ0v) is 11.0. The third-order valence-corrected chi connectivity index (χ3v) is 2.82.